The molecule has 0 aromatic heterocycles. The van der Waals surface area contributed by atoms with Crippen LogP contribution in [0.5, 0.6) is 0 Å². The van der Waals surface area contributed by atoms with Gasteiger partial charge in [-0.25, -0.2) is 0 Å². The zero-order valence-corrected chi connectivity index (χ0v) is 6.71. The SMILES string of the molecule is C=CCOC(C)C(C)CO. The molecule has 0 fully saturated rings. The summed E-state index contributed by atoms with van der Waals surface area (Å²) in [6.45, 7) is 8.17. The van der Waals surface area contributed by atoms with Crippen LogP contribution in [0.1, 0.15) is 13.8 Å². The van der Waals surface area contributed by atoms with E-state index in [-0.39, 0.29) is 18.6 Å². The molecule has 0 saturated heterocycles. The van der Waals surface area contributed by atoms with E-state index in [9.17, 15) is 0 Å². The second-order valence-corrected chi connectivity index (χ2v) is 2.49. The minimum absolute atomic E-state index is 0.114. The Morgan fingerprint density at radius 1 is 1.60 bits per heavy atom. The number of hydrogen-bond acceptors (Lipinski definition) is 2. The zero-order chi connectivity index (χ0) is 7.98. The fourth-order valence-electron chi connectivity index (χ4n) is 0.533. The molecule has 0 spiro atoms. The van der Waals surface area contributed by atoms with Crippen LogP contribution >= 0.6 is 0 Å². The van der Waals surface area contributed by atoms with Crippen LogP contribution in [0.15, 0.2) is 12.7 Å². The minimum atomic E-state index is 0.114. The normalized spacial score (nSPS) is 16.3. The van der Waals surface area contributed by atoms with E-state index in [0.717, 1.165) is 0 Å². The topological polar surface area (TPSA) is 29.5 Å². The molecule has 0 aromatic rings. The number of ether oxygens (including phenoxy) is 1. The lowest BCUT2D eigenvalue weighted by Crippen LogP contribution is -2.21. The van der Waals surface area contributed by atoms with Crippen molar-refractivity contribution in [3.8, 4) is 0 Å². The monoisotopic (exact) mass is 144 g/mol. The fraction of sp³-hybridized carbons (Fsp3) is 0.750. The van der Waals surface area contributed by atoms with E-state index in [0.29, 0.717) is 6.61 Å². The molecule has 2 nitrogen and oxygen atoms in total. The molecule has 0 heterocycles. The summed E-state index contributed by atoms with van der Waals surface area (Å²) in [6, 6.07) is 0. The van der Waals surface area contributed by atoms with Gasteiger partial charge in [-0.05, 0) is 6.92 Å². The van der Waals surface area contributed by atoms with E-state index in [1.54, 1.807) is 6.08 Å². The smallest absolute Gasteiger partial charge is 0.0648 e. The van der Waals surface area contributed by atoms with Crippen molar-refractivity contribution in [1.82, 2.24) is 0 Å². The van der Waals surface area contributed by atoms with Gasteiger partial charge in [-0.15, -0.1) is 6.58 Å². The maximum absolute atomic E-state index is 8.70. The van der Waals surface area contributed by atoms with Crippen LogP contribution in [0.4, 0.5) is 0 Å². The number of aliphatic hydroxyl groups excluding tert-OH is 1. The van der Waals surface area contributed by atoms with Crippen molar-refractivity contribution >= 4 is 0 Å². The van der Waals surface area contributed by atoms with Gasteiger partial charge in [0.15, 0.2) is 0 Å². The van der Waals surface area contributed by atoms with Gasteiger partial charge in [0.2, 0.25) is 0 Å². The summed E-state index contributed by atoms with van der Waals surface area (Å²) in [7, 11) is 0. The Kier molecular flexibility index (Phi) is 5.26. The Balaban J connectivity index is 3.40. The van der Waals surface area contributed by atoms with E-state index < -0.39 is 0 Å². The minimum Gasteiger partial charge on any atom is -0.396 e. The summed E-state index contributed by atoms with van der Waals surface area (Å²) in [5, 5.41) is 8.70. The molecule has 0 bridgehead atoms. The second kappa shape index (κ2) is 5.45. The van der Waals surface area contributed by atoms with Crippen LogP contribution in [-0.2, 0) is 4.74 Å². The summed E-state index contributed by atoms with van der Waals surface area (Å²) in [4.78, 5) is 0. The predicted octanol–water partition coefficient (Wildman–Crippen LogP) is 1.21. The molecule has 0 aliphatic heterocycles. The Morgan fingerprint density at radius 2 is 2.20 bits per heavy atom. The molecule has 0 aromatic carbocycles. The van der Waals surface area contributed by atoms with E-state index in [4.69, 9.17) is 9.84 Å². The van der Waals surface area contributed by atoms with Gasteiger partial charge >= 0.3 is 0 Å². The van der Waals surface area contributed by atoms with E-state index >= 15 is 0 Å². The lowest BCUT2D eigenvalue weighted by Gasteiger charge is -2.16. The van der Waals surface area contributed by atoms with Crippen molar-refractivity contribution < 1.29 is 9.84 Å². The molecule has 2 unspecified atom stereocenters. The standard InChI is InChI=1S/C8H16O2/c1-4-5-10-8(3)7(2)6-9/h4,7-9H,1,5-6H2,2-3H3. The van der Waals surface area contributed by atoms with E-state index in [1.807, 2.05) is 13.8 Å². The maximum atomic E-state index is 8.70. The van der Waals surface area contributed by atoms with Crippen LogP contribution in [0.25, 0.3) is 0 Å². The summed E-state index contributed by atoms with van der Waals surface area (Å²) < 4.78 is 5.27. The van der Waals surface area contributed by atoms with Gasteiger partial charge in [0.25, 0.3) is 0 Å². The highest BCUT2D eigenvalue weighted by atomic mass is 16.5. The molecule has 0 amide bonds. The van der Waals surface area contributed by atoms with Gasteiger partial charge in [0, 0.05) is 12.5 Å². The molecule has 2 heteroatoms. The van der Waals surface area contributed by atoms with Crippen molar-refractivity contribution in [3.63, 3.8) is 0 Å². The van der Waals surface area contributed by atoms with Crippen molar-refractivity contribution in [2.24, 2.45) is 5.92 Å². The van der Waals surface area contributed by atoms with Crippen LogP contribution in [0.3, 0.4) is 0 Å². The highest BCUT2D eigenvalue weighted by Gasteiger charge is 2.09. The molecule has 1 N–H and O–H groups in total. The molecule has 0 saturated carbocycles. The average Bonchev–Trinajstić information content (AvgIpc) is 1.98. The van der Waals surface area contributed by atoms with Crippen molar-refractivity contribution in [1.29, 1.82) is 0 Å². The van der Waals surface area contributed by atoms with Gasteiger partial charge < -0.3 is 9.84 Å². The molecule has 2 atom stereocenters. The van der Waals surface area contributed by atoms with Crippen LogP contribution in [0.2, 0.25) is 0 Å². The summed E-state index contributed by atoms with van der Waals surface area (Å²) in [6.07, 6.45) is 1.82. The summed E-state index contributed by atoms with van der Waals surface area (Å²) in [5.41, 5.74) is 0. The molecule has 0 aliphatic rings. The Labute approximate surface area is 62.5 Å². The molecule has 0 aliphatic carbocycles. The van der Waals surface area contributed by atoms with Gasteiger partial charge in [-0.2, -0.15) is 0 Å². The first kappa shape index (κ1) is 9.66. The molecular weight excluding hydrogens is 128 g/mol. The molecule has 60 valence electrons. The molecule has 0 rings (SSSR count). The lowest BCUT2D eigenvalue weighted by molar-refractivity contribution is 0.0272. The Bertz CT molecular complexity index is 91.3. The zero-order valence-electron chi connectivity index (χ0n) is 6.71. The average molecular weight is 144 g/mol. The Morgan fingerprint density at radius 3 is 2.60 bits per heavy atom. The second-order valence-electron chi connectivity index (χ2n) is 2.49. The first-order chi connectivity index (χ1) is 4.72. The lowest BCUT2D eigenvalue weighted by atomic mass is 10.1. The quantitative estimate of drug-likeness (QED) is 0.588. The number of hydrogen-bond donors (Lipinski definition) is 1. The van der Waals surface area contributed by atoms with Gasteiger partial charge in [0.05, 0.1) is 12.7 Å². The number of aliphatic hydroxyl groups is 1. The van der Waals surface area contributed by atoms with E-state index in [2.05, 4.69) is 6.58 Å². The van der Waals surface area contributed by atoms with Crippen LogP contribution in [-0.4, -0.2) is 24.4 Å². The summed E-state index contributed by atoms with van der Waals surface area (Å²) >= 11 is 0. The van der Waals surface area contributed by atoms with Gasteiger partial charge in [0.1, 0.15) is 0 Å². The van der Waals surface area contributed by atoms with Crippen LogP contribution < -0.4 is 0 Å². The highest BCUT2D eigenvalue weighted by molar-refractivity contribution is 4.67. The third kappa shape index (κ3) is 3.64. The highest BCUT2D eigenvalue weighted by Crippen LogP contribution is 2.04. The fourth-order valence-corrected chi connectivity index (χ4v) is 0.533. The van der Waals surface area contributed by atoms with Crippen LogP contribution in [0, 0.1) is 5.92 Å². The maximum Gasteiger partial charge on any atom is 0.0648 e. The Hall–Kier alpha value is -0.340. The predicted molar refractivity (Wildman–Crippen MR) is 41.9 cm³/mol. The largest absolute Gasteiger partial charge is 0.396 e. The van der Waals surface area contributed by atoms with Crippen molar-refractivity contribution in [3.05, 3.63) is 12.7 Å². The molecular formula is C8H16O2. The third-order valence-corrected chi connectivity index (χ3v) is 1.57. The van der Waals surface area contributed by atoms with Gasteiger partial charge in [-0.1, -0.05) is 13.0 Å². The van der Waals surface area contributed by atoms with E-state index in [1.165, 1.54) is 0 Å². The number of rotatable bonds is 5. The third-order valence-electron chi connectivity index (χ3n) is 1.57. The van der Waals surface area contributed by atoms with Crippen molar-refractivity contribution in [2.45, 2.75) is 20.0 Å². The molecule has 10 heavy (non-hydrogen) atoms. The van der Waals surface area contributed by atoms with Crippen molar-refractivity contribution in [2.75, 3.05) is 13.2 Å². The first-order valence-electron chi connectivity index (χ1n) is 3.55. The van der Waals surface area contributed by atoms with Gasteiger partial charge in [-0.3, -0.25) is 0 Å². The summed E-state index contributed by atoms with van der Waals surface area (Å²) in [5.74, 6) is 0.208. The first-order valence-corrected chi connectivity index (χ1v) is 3.55. The molecule has 0 radical (unpaired) electrons.